The number of carbonyl (C=O) groups excluding carboxylic acids is 1. The summed E-state index contributed by atoms with van der Waals surface area (Å²) in [6.07, 6.45) is 3.60. The lowest BCUT2D eigenvalue weighted by Gasteiger charge is -2.22. The summed E-state index contributed by atoms with van der Waals surface area (Å²) >= 11 is 0. The molecule has 0 bridgehead atoms. The third kappa shape index (κ3) is 5.02. The van der Waals surface area contributed by atoms with E-state index in [0.29, 0.717) is 12.5 Å². The van der Waals surface area contributed by atoms with Crippen LogP contribution < -0.4 is 11.1 Å². The van der Waals surface area contributed by atoms with Gasteiger partial charge in [0.05, 0.1) is 6.04 Å². The minimum atomic E-state index is -0.461. The quantitative estimate of drug-likeness (QED) is 0.857. The van der Waals surface area contributed by atoms with Gasteiger partial charge >= 0.3 is 0 Å². The monoisotopic (exact) mass is 271 g/mol. The highest BCUT2D eigenvalue weighted by atomic mass is 35.5. The Kier molecular flexibility index (Phi) is 7.55. The van der Waals surface area contributed by atoms with Crippen molar-refractivity contribution in [2.45, 2.75) is 32.7 Å². The van der Waals surface area contributed by atoms with E-state index >= 15 is 0 Å². The fourth-order valence-corrected chi connectivity index (χ4v) is 1.71. The van der Waals surface area contributed by atoms with Crippen LogP contribution in [0.1, 0.15) is 32.3 Å². The molecule has 0 aliphatic rings. The molecule has 4 nitrogen and oxygen atoms in total. The lowest BCUT2D eigenvalue weighted by Crippen LogP contribution is -2.40. The molecule has 0 radical (unpaired) electrons. The van der Waals surface area contributed by atoms with Gasteiger partial charge < -0.3 is 11.1 Å². The molecule has 1 aromatic rings. The van der Waals surface area contributed by atoms with Gasteiger partial charge in [0, 0.05) is 24.9 Å². The summed E-state index contributed by atoms with van der Waals surface area (Å²) in [4.78, 5) is 15.6. The van der Waals surface area contributed by atoms with Gasteiger partial charge in [-0.2, -0.15) is 0 Å². The number of hydrogen-bond acceptors (Lipinski definition) is 3. The third-order valence-corrected chi connectivity index (χ3v) is 2.83. The van der Waals surface area contributed by atoms with Crippen molar-refractivity contribution in [1.82, 2.24) is 10.3 Å². The van der Waals surface area contributed by atoms with Crippen molar-refractivity contribution >= 4 is 18.3 Å². The van der Waals surface area contributed by atoms with Crippen LogP contribution in [0.25, 0.3) is 0 Å². The van der Waals surface area contributed by atoms with Crippen molar-refractivity contribution in [3.05, 3.63) is 30.1 Å². The second-order valence-corrected chi connectivity index (χ2v) is 4.67. The number of aromatic nitrogens is 1. The van der Waals surface area contributed by atoms with E-state index in [1.54, 1.807) is 13.1 Å². The number of nitrogens with one attached hydrogen (secondary N) is 1. The standard InChI is InChI=1S/C13H21N3O.ClH/c1-9(2)12(8-16-13(17)10(3)14)11-5-4-6-15-7-11;/h4-7,9-10,12H,8,14H2,1-3H3,(H,16,17);1H. The molecular formula is C13H22ClN3O. The van der Waals surface area contributed by atoms with E-state index in [-0.39, 0.29) is 24.2 Å². The number of carbonyl (C=O) groups is 1. The van der Waals surface area contributed by atoms with Crippen LogP contribution in [-0.4, -0.2) is 23.5 Å². The first-order chi connectivity index (χ1) is 8.02. The van der Waals surface area contributed by atoms with Gasteiger partial charge in [-0.25, -0.2) is 0 Å². The van der Waals surface area contributed by atoms with Crippen LogP contribution in [0, 0.1) is 5.92 Å². The third-order valence-electron chi connectivity index (χ3n) is 2.83. The Morgan fingerprint density at radius 1 is 1.44 bits per heavy atom. The van der Waals surface area contributed by atoms with Crippen molar-refractivity contribution in [2.75, 3.05) is 6.54 Å². The summed E-state index contributed by atoms with van der Waals surface area (Å²) < 4.78 is 0. The highest BCUT2D eigenvalue weighted by Crippen LogP contribution is 2.22. The summed E-state index contributed by atoms with van der Waals surface area (Å²) in [5.41, 5.74) is 6.66. The first-order valence-corrected chi connectivity index (χ1v) is 5.95. The van der Waals surface area contributed by atoms with Gasteiger partial charge in [0.2, 0.25) is 5.91 Å². The summed E-state index contributed by atoms with van der Waals surface area (Å²) in [6, 6.07) is 3.49. The summed E-state index contributed by atoms with van der Waals surface area (Å²) in [6.45, 7) is 6.55. The topological polar surface area (TPSA) is 68.0 Å². The normalized spacial score (nSPS) is 13.6. The van der Waals surface area contributed by atoms with Crippen LogP contribution in [0.3, 0.4) is 0 Å². The Bertz CT molecular complexity index is 355. The predicted molar refractivity (Wildman–Crippen MR) is 75.7 cm³/mol. The van der Waals surface area contributed by atoms with E-state index < -0.39 is 6.04 Å². The Morgan fingerprint density at radius 2 is 2.11 bits per heavy atom. The summed E-state index contributed by atoms with van der Waals surface area (Å²) in [7, 11) is 0. The fraction of sp³-hybridized carbons (Fsp3) is 0.538. The second-order valence-electron chi connectivity index (χ2n) is 4.67. The number of amides is 1. The maximum Gasteiger partial charge on any atom is 0.236 e. The number of hydrogen-bond donors (Lipinski definition) is 2. The molecule has 1 rings (SSSR count). The van der Waals surface area contributed by atoms with Crippen molar-refractivity contribution in [3.8, 4) is 0 Å². The zero-order chi connectivity index (χ0) is 12.8. The molecule has 5 heteroatoms. The van der Waals surface area contributed by atoms with Crippen molar-refractivity contribution in [3.63, 3.8) is 0 Å². The minimum Gasteiger partial charge on any atom is -0.354 e. The number of nitrogens with zero attached hydrogens (tertiary/aromatic N) is 1. The molecular weight excluding hydrogens is 250 g/mol. The molecule has 1 heterocycles. The largest absolute Gasteiger partial charge is 0.354 e. The lowest BCUT2D eigenvalue weighted by atomic mass is 9.89. The second kappa shape index (κ2) is 8.06. The molecule has 0 fully saturated rings. The number of rotatable bonds is 5. The first-order valence-electron chi connectivity index (χ1n) is 5.95. The van der Waals surface area contributed by atoms with Crippen molar-refractivity contribution in [2.24, 2.45) is 11.7 Å². The smallest absolute Gasteiger partial charge is 0.236 e. The first kappa shape index (κ1) is 16.9. The Labute approximate surface area is 115 Å². The highest BCUT2D eigenvalue weighted by molar-refractivity contribution is 5.85. The van der Waals surface area contributed by atoms with E-state index in [4.69, 9.17) is 5.73 Å². The molecule has 18 heavy (non-hydrogen) atoms. The molecule has 0 saturated heterocycles. The Morgan fingerprint density at radius 3 is 2.56 bits per heavy atom. The van der Waals surface area contributed by atoms with Crippen molar-refractivity contribution in [1.29, 1.82) is 0 Å². The Hall–Kier alpha value is -1.13. The van der Waals surface area contributed by atoms with Gasteiger partial charge in [0.1, 0.15) is 0 Å². The number of pyridine rings is 1. The van der Waals surface area contributed by atoms with Crippen LogP contribution in [0.5, 0.6) is 0 Å². The van der Waals surface area contributed by atoms with Gasteiger partial charge in [-0.05, 0) is 24.5 Å². The molecule has 0 aliphatic heterocycles. The zero-order valence-corrected chi connectivity index (χ0v) is 11.9. The maximum absolute atomic E-state index is 11.4. The van der Waals surface area contributed by atoms with Gasteiger partial charge in [-0.15, -0.1) is 12.4 Å². The molecule has 1 amide bonds. The maximum atomic E-state index is 11.4. The summed E-state index contributed by atoms with van der Waals surface area (Å²) in [5, 5.41) is 2.87. The van der Waals surface area contributed by atoms with Gasteiger partial charge in [-0.1, -0.05) is 19.9 Å². The molecule has 0 aliphatic carbocycles. The molecule has 0 aromatic carbocycles. The molecule has 102 valence electrons. The minimum absolute atomic E-state index is 0. The van der Waals surface area contributed by atoms with Crippen molar-refractivity contribution < 1.29 is 4.79 Å². The van der Waals surface area contributed by atoms with Crippen LogP contribution in [0.15, 0.2) is 24.5 Å². The highest BCUT2D eigenvalue weighted by Gasteiger charge is 2.17. The fourth-order valence-electron chi connectivity index (χ4n) is 1.71. The zero-order valence-electron chi connectivity index (χ0n) is 11.1. The summed E-state index contributed by atoms with van der Waals surface area (Å²) in [5.74, 6) is 0.596. The van der Waals surface area contributed by atoms with E-state index in [2.05, 4.69) is 24.1 Å². The average Bonchev–Trinajstić information content (AvgIpc) is 2.29. The van der Waals surface area contributed by atoms with Gasteiger partial charge in [0.15, 0.2) is 0 Å². The van der Waals surface area contributed by atoms with Crippen LogP contribution in [0.4, 0.5) is 0 Å². The molecule has 2 unspecified atom stereocenters. The van der Waals surface area contributed by atoms with E-state index in [1.807, 2.05) is 18.3 Å². The van der Waals surface area contributed by atoms with E-state index in [1.165, 1.54) is 0 Å². The SMILES string of the molecule is CC(N)C(=O)NCC(c1cccnc1)C(C)C.Cl. The molecule has 1 aromatic heterocycles. The van der Waals surface area contributed by atoms with Gasteiger partial charge in [-0.3, -0.25) is 9.78 Å². The van der Waals surface area contributed by atoms with Crippen LogP contribution >= 0.6 is 12.4 Å². The lowest BCUT2D eigenvalue weighted by molar-refractivity contribution is -0.122. The molecule has 3 N–H and O–H groups in total. The van der Waals surface area contributed by atoms with E-state index in [9.17, 15) is 4.79 Å². The predicted octanol–water partition coefficient (Wildman–Crippen LogP) is 1.71. The van der Waals surface area contributed by atoms with Gasteiger partial charge in [0.25, 0.3) is 0 Å². The number of halogens is 1. The molecule has 0 spiro atoms. The van der Waals surface area contributed by atoms with Crippen LogP contribution in [0.2, 0.25) is 0 Å². The van der Waals surface area contributed by atoms with E-state index in [0.717, 1.165) is 5.56 Å². The molecule has 0 saturated carbocycles. The van der Waals surface area contributed by atoms with Crippen LogP contribution in [-0.2, 0) is 4.79 Å². The average molecular weight is 272 g/mol. The molecule has 2 atom stereocenters. The Balaban J connectivity index is 0.00000289. The number of nitrogens with two attached hydrogens (primary N) is 1.